The number of nitrogens with zero attached hydrogens (tertiary/aromatic N) is 3. The number of methoxy groups -OCH3 is 1. The molecule has 2 aromatic rings. The lowest BCUT2D eigenvalue weighted by Gasteiger charge is -2.35. The van der Waals surface area contributed by atoms with E-state index in [1.54, 1.807) is 28.9 Å². The number of hydrogen-bond donors (Lipinski definition) is 1. The number of carbonyl (C=O) groups is 2. The summed E-state index contributed by atoms with van der Waals surface area (Å²) < 4.78 is 12.5. The molecule has 2 fully saturated rings. The monoisotopic (exact) mass is 427 g/mol. The normalized spacial score (nSPS) is 25.2. The average Bonchev–Trinajstić information content (AvgIpc) is 3.36. The second kappa shape index (κ2) is 8.70. The van der Waals surface area contributed by atoms with E-state index in [-0.39, 0.29) is 23.8 Å². The van der Waals surface area contributed by atoms with Crippen molar-refractivity contribution in [3.63, 3.8) is 0 Å². The molecule has 0 bridgehead atoms. The molecule has 2 heterocycles. The minimum absolute atomic E-state index is 0.0111. The fourth-order valence-electron chi connectivity index (χ4n) is 4.71. The molecule has 1 saturated carbocycles. The Hall–Kier alpha value is -2.87. The maximum absolute atomic E-state index is 13.0. The van der Waals surface area contributed by atoms with Gasteiger partial charge < -0.3 is 19.5 Å². The van der Waals surface area contributed by atoms with Crippen molar-refractivity contribution in [1.29, 1.82) is 0 Å². The first kappa shape index (κ1) is 21.4. The van der Waals surface area contributed by atoms with Gasteiger partial charge in [-0.15, -0.1) is 0 Å². The number of aryl methyl sites for hydroxylation is 2. The van der Waals surface area contributed by atoms with Gasteiger partial charge in [0.05, 0.1) is 30.0 Å². The van der Waals surface area contributed by atoms with Gasteiger partial charge in [-0.3, -0.25) is 9.48 Å². The summed E-state index contributed by atoms with van der Waals surface area (Å²) in [6, 6.07) is 6.72. The number of amides is 1. The van der Waals surface area contributed by atoms with Crippen molar-refractivity contribution < 1.29 is 24.2 Å². The van der Waals surface area contributed by atoms with Gasteiger partial charge in [0, 0.05) is 25.8 Å². The van der Waals surface area contributed by atoms with E-state index in [9.17, 15) is 14.7 Å². The number of fused-ring (bicyclic) bond motifs is 1. The number of carbonyl (C=O) groups excluding carboxylic acids is 2. The number of aliphatic hydroxyl groups excluding tert-OH is 1. The second-order valence-corrected chi connectivity index (χ2v) is 8.43. The molecule has 1 aromatic heterocycles. The fourth-order valence-corrected chi connectivity index (χ4v) is 4.71. The number of hydrogen-bond acceptors (Lipinski definition) is 6. The number of rotatable bonds is 5. The molecule has 166 valence electrons. The van der Waals surface area contributed by atoms with Crippen LogP contribution in [0.15, 0.2) is 30.5 Å². The quantitative estimate of drug-likeness (QED) is 0.736. The number of ether oxygens (including phenoxy) is 2. The number of aliphatic hydroxyl groups is 1. The SMILES string of the molecule is CCn1cc(C(=O)N2C[C@H]3C[C@@H](Oc4ccc(C(=O)OC)cc4)[C@H](O)C[C@H]3C2)c(C)n1. The van der Waals surface area contributed by atoms with Gasteiger partial charge in [-0.1, -0.05) is 0 Å². The van der Waals surface area contributed by atoms with Crippen LogP contribution in [0, 0.1) is 18.8 Å². The molecule has 4 rings (SSSR count). The van der Waals surface area contributed by atoms with Gasteiger partial charge >= 0.3 is 5.97 Å². The molecule has 1 aliphatic heterocycles. The molecule has 1 N–H and O–H groups in total. The average molecular weight is 428 g/mol. The van der Waals surface area contributed by atoms with Crippen molar-refractivity contribution in [3.05, 3.63) is 47.3 Å². The number of likely N-dealkylation sites (tertiary alicyclic amines) is 1. The molecule has 8 nitrogen and oxygen atoms in total. The van der Waals surface area contributed by atoms with Crippen molar-refractivity contribution in [3.8, 4) is 5.75 Å². The molecule has 1 amide bonds. The van der Waals surface area contributed by atoms with Crippen LogP contribution in [0.5, 0.6) is 5.75 Å². The third kappa shape index (κ3) is 4.30. The predicted molar refractivity (Wildman–Crippen MR) is 113 cm³/mol. The summed E-state index contributed by atoms with van der Waals surface area (Å²) >= 11 is 0. The maximum Gasteiger partial charge on any atom is 0.337 e. The summed E-state index contributed by atoms with van der Waals surface area (Å²) in [6.45, 7) is 5.90. The van der Waals surface area contributed by atoms with Gasteiger partial charge in [-0.2, -0.15) is 5.10 Å². The van der Waals surface area contributed by atoms with Crippen LogP contribution in [0.4, 0.5) is 0 Å². The molecule has 8 heteroatoms. The summed E-state index contributed by atoms with van der Waals surface area (Å²) in [5.74, 6) is 0.762. The van der Waals surface area contributed by atoms with Crippen LogP contribution in [0.3, 0.4) is 0 Å². The van der Waals surface area contributed by atoms with Crippen molar-refractivity contribution in [2.24, 2.45) is 11.8 Å². The maximum atomic E-state index is 13.0. The number of aromatic nitrogens is 2. The highest BCUT2D eigenvalue weighted by atomic mass is 16.5. The highest BCUT2D eigenvalue weighted by Gasteiger charge is 2.44. The van der Waals surface area contributed by atoms with Crippen LogP contribution in [-0.2, 0) is 11.3 Å². The summed E-state index contributed by atoms with van der Waals surface area (Å²) in [6.07, 6.45) is 2.16. The summed E-state index contributed by atoms with van der Waals surface area (Å²) in [5, 5.41) is 15.0. The van der Waals surface area contributed by atoms with E-state index in [0.717, 1.165) is 12.2 Å². The van der Waals surface area contributed by atoms with E-state index < -0.39 is 12.1 Å². The molecule has 1 aromatic carbocycles. The Morgan fingerprint density at radius 2 is 1.84 bits per heavy atom. The van der Waals surface area contributed by atoms with Gasteiger partial charge in [0.1, 0.15) is 11.9 Å². The van der Waals surface area contributed by atoms with Crippen LogP contribution in [-0.4, -0.2) is 64.1 Å². The Kier molecular flexibility index (Phi) is 6.00. The standard InChI is InChI=1S/C23H29N3O5/c1-4-26-13-19(14(2)24-26)22(28)25-11-16-9-20(27)21(10-17(16)12-25)31-18-7-5-15(6-8-18)23(29)30-3/h5-8,13,16-17,20-21,27H,4,9-12H2,1-3H3/t16-,17+,20+,21+/m0/s1. The third-order valence-electron chi connectivity index (χ3n) is 6.44. The molecule has 0 unspecified atom stereocenters. The first-order valence-corrected chi connectivity index (χ1v) is 10.8. The van der Waals surface area contributed by atoms with Crippen molar-refractivity contribution in [1.82, 2.24) is 14.7 Å². The minimum Gasteiger partial charge on any atom is -0.488 e. The molecular formula is C23H29N3O5. The van der Waals surface area contributed by atoms with E-state index in [1.165, 1.54) is 7.11 Å². The summed E-state index contributed by atoms with van der Waals surface area (Å²) in [4.78, 5) is 26.5. The third-order valence-corrected chi connectivity index (χ3v) is 6.44. The lowest BCUT2D eigenvalue weighted by atomic mass is 9.78. The molecule has 1 saturated heterocycles. The van der Waals surface area contributed by atoms with E-state index >= 15 is 0 Å². The van der Waals surface area contributed by atoms with E-state index in [4.69, 9.17) is 9.47 Å². The Balaban J connectivity index is 1.40. The highest BCUT2D eigenvalue weighted by molar-refractivity contribution is 5.95. The fraction of sp³-hybridized carbons (Fsp3) is 0.522. The number of esters is 1. The van der Waals surface area contributed by atoms with E-state index in [1.807, 2.05) is 24.9 Å². The molecule has 4 atom stereocenters. The van der Waals surface area contributed by atoms with Gasteiger partial charge in [0.25, 0.3) is 5.91 Å². The Bertz CT molecular complexity index is 955. The summed E-state index contributed by atoms with van der Waals surface area (Å²) in [7, 11) is 1.34. The highest BCUT2D eigenvalue weighted by Crippen LogP contribution is 2.38. The number of benzene rings is 1. The van der Waals surface area contributed by atoms with Gasteiger partial charge in [0.15, 0.2) is 0 Å². The van der Waals surface area contributed by atoms with Crippen molar-refractivity contribution in [2.45, 2.75) is 45.4 Å². The lowest BCUT2D eigenvalue weighted by molar-refractivity contribution is -0.0231. The van der Waals surface area contributed by atoms with Gasteiger partial charge in [-0.25, -0.2) is 4.79 Å². The molecule has 1 aliphatic carbocycles. The predicted octanol–water partition coefficient (Wildman–Crippen LogP) is 2.29. The van der Waals surface area contributed by atoms with Crippen molar-refractivity contribution in [2.75, 3.05) is 20.2 Å². The Morgan fingerprint density at radius 1 is 1.16 bits per heavy atom. The largest absolute Gasteiger partial charge is 0.488 e. The molecular weight excluding hydrogens is 398 g/mol. The Morgan fingerprint density at radius 3 is 2.45 bits per heavy atom. The molecule has 0 radical (unpaired) electrons. The van der Waals surface area contributed by atoms with Gasteiger partial charge in [-0.05, 0) is 62.8 Å². The van der Waals surface area contributed by atoms with Gasteiger partial charge in [0.2, 0.25) is 0 Å². The smallest absolute Gasteiger partial charge is 0.337 e. The topological polar surface area (TPSA) is 93.9 Å². The zero-order valence-corrected chi connectivity index (χ0v) is 18.2. The summed E-state index contributed by atoms with van der Waals surface area (Å²) in [5.41, 5.74) is 1.85. The molecule has 0 spiro atoms. The Labute approximate surface area is 181 Å². The van der Waals surface area contributed by atoms with E-state index in [0.29, 0.717) is 42.8 Å². The van der Waals surface area contributed by atoms with Crippen LogP contribution in [0.1, 0.15) is 46.2 Å². The minimum atomic E-state index is -0.596. The van der Waals surface area contributed by atoms with E-state index in [2.05, 4.69) is 5.10 Å². The first-order valence-electron chi connectivity index (χ1n) is 10.8. The molecule has 31 heavy (non-hydrogen) atoms. The van der Waals surface area contributed by atoms with Crippen LogP contribution >= 0.6 is 0 Å². The van der Waals surface area contributed by atoms with Crippen molar-refractivity contribution >= 4 is 11.9 Å². The van der Waals surface area contributed by atoms with Crippen LogP contribution in [0.25, 0.3) is 0 Å². The molecule has 2 aliphatic rings. The second-order valence-electron chi connectivity index (χ2n) is 8.43. The van der Waals surface area contributed by atoms with Crippen LogP contribution < -0.4 is 4.74 Å². The lowest BCUT2D eigenvalue weighted by Crippen LogP contribution is -2.42. The zero-order valence-electron chi connectivity index (χ0n) is 18.2. The zero-order chi connectivity index (χ0) is 22.1. The first-order chi connectivity index (χ1) is 14.9. The van der Waals surface area contributed by atoms with Crippen LogP contribution in [0.2, 0.25) is 0 Å².